The molecule has 1 amide bonds. The second-order valence-corrected chi connectivity index (χ2v) is 7.65. The number of nitrogens with one attached hydrogen (secondary N) is 1. The first kappa shape index (κ1) is 18.0. The first-order valence-corrected chi connectivity index (χ1v) is 9.68. The number of anilines is 1. The molecule has 0 radical (unpaired) electrons. The van der Waals surface area contributed by atoms with E-state index in [9.17, 15) is 9.59 Å². The third-order valence-corrected chi connectivity index (χ3v) is 5.73. The molecular formula is C21H29NO3. The number of ether oxygens (including phenoxy) is 1. The second kappa shape index (κ2) is 8.50. The lowest BCUT2D eigenvalue weighted by atomic mass is 9.86. The molecule has 1 N–H and O–H groups in total. The van der Waals surface area contributed by atoms with Gasteiger partial charge in [0.05, 0.1) is 0 Å². The largest absolute Gasteiger partial charge is 0.456 e. The number of amides is 1. The molecule has 2 saturated carbocycles. The van der Waals surface area contributed by atoms with E-state index in [1.54, 1.807) is 0 Å². The third kappa shape index (κ3) is 5.07. The number of unbranched alkanes of at least 4 members (excludes halogenated alkanes) is 1. The third-order valence-electron chi connectivity index (χ3n) is 5.73. The highest BCUT2D eigenvalue weighted by Gasteiger charge is 2.40. The quantitative estimate of drug-likeness (QED) is 0.715. The van der Waals surface area contributed by atoms with Crippen LogP contribution in [0.5, 0.6) is 0 Å². The lowest BCUT2D eigenvalue weighted by molar-refractivity contribution is -0.148. The van der Waals surface area contributed by atoms with Crippen molar-refractivity contribution in [2.24, 2.45) is 17.8 Å². The van der Waals surface area contributed by atoms with Gasteiger partial charge in [0.2, 0.25) is 0 Å². The molecule has 0 spiro atoms. The minimum atomic E-state index is -0.275. The van der Waals surface area contributed by atoms with Gasteiger partial charge in [0.25, 0.3) is 5.91 Å². The van der Waals surface area contributed by atoms with E-state index in [0.29, 0.717) is 18.3 Å². The van der Waals surface area contributed by atoms with Gasteiger partial charge in [-0.25, -0.2) is 0 Å². The summed E-state index contributed by atoms with van der Waals surface area (Å²) in [6, 6.07) is 7.87. The summed E-state index contributed by atoms with van der Waals surface area (Å²) in [7, 11) is 0. The number of fused-ring (bicyclic) bond motifs is 2. The Morgan fingerprint density at radius 1 is 1.16 bits per heavy atom. The van der Waals surface area contributed by atoms with Crippen molar-refractivity contribution < 1.29 is 14.3 Å². The summed E-state index contributed by atoms with van der Waals surface area (Å²) in [5.41, 5.74) is 2.02. The maximum Gasteiger partial charge on any atom is 0.306 e. The Balaban J connectivity index is 1.36. The van der Waals surface area contributed by atoms with Gasteiger partial charge in [0, 0.05) is 12.1 Å². The van der Waals surface area contributed by atoms with Crippen LogP contribution in [-0.2, 0) is 20.7 Å². The molecule has 1 aromatic carbocycles. The van der Waals surface area contributed by atoms with Crippen molar-refractivity contribution in [3.05, 3.63) is 29.8 Å². The molecule has 2 aliphatic carbocycles. The molecule has 0 heterocycles. The monoisotopic (exact) mass is 343 g/mol. The van der Waals surface area contributed by atoms with Crippen molar-refractivity contribution in [1.29, 1.82) is 0 Å². The first-order chi connectivity index (χ1) is 12.1. The molecule has 0 aromatic heterocycles. The summed E-state index contributed by atoms with van der Waals surface area (Å²) >= 11 is 0. The highest BCUT2D eigenvalue weighted by atomic mass is 16.5. The van der Waals surface area contributed by atoms with Gasteiger partial charge < -0.3 is 10.1 Å². The Morgan fingerprint density at radius 3 is 2.60 bits per heavy atom. The van der Waals surface area contributed by atoms with Crippen molar-refractivity contribution in [2.45, 2.75) is 58.3 Å². The van der Waals surface area contributed by atoms with Crippen LogP contribution in [0.1, 0.15) is 57.4 Å². The molecule has 25 heavy (non-hydrogen) atoms. The summed E-state index contributed by atoms with van der Waals surface area (Å²) in [4.78, 5) is 23.9. The molecule has 1 aromatic rings. The Labute approximate surface area is 150 Å². The fraction of sp³-hybridized carbons (Fsp3) is 0.619. The average Bonchev–Trinajstić information content (AvgIpc) is 3.22. The van der Waals surface area contributed by atoms with Gasteiger partial charge in [-0.1, -0.05) is 31.9 Å². The Kier molecular flexibility index (Phi) is 6.11. The summed E-state index contributed by atoms with van der Waals surface area (Å²) < 4.78 is 5.17. The van der Waals surface area contributed by atoms with Crippen molar-refractivity contribution in [3.8, 4) is 0 Å². The molecule has 3 rings (SSSR count). The normalized spacial score (nSPS) is 24.3. The van der Waals surface area contributed by atoms with Gasteiger partial charge in [-0.2, -0.15) is 0 Å². The van der Waals surface area contributed by atoms with Crippen molar-refractivity contribution in [1.82, 2.24) is 0 Å². The lowest BCUT2D eigenvalue weighted by Crippen LogP contribution is -2.23. The Morgan fingerprint density at radius 2 is 1.96 bits per heavy atom. The van der Waals surface area contributed by atoms with Crippen molar-refractivity contribution >= 4 is 17.6 Å². The van der Waals surface area contributed by atoms with E-state index in [4.69, 9.17) is 4.74 Å². The smallest absolute Gasteiger partial charge is 0.306 e. The number of aryl methyl sites for hydroxylation is 1. The number of benzene rings is 1. The van der Waals surface area contributed by atoms with E-state index in [1.165, 1.54) is 37.7 Å². The molecule has 2 bridgehead atoms. The van der Waals surface area contributed by atoms with E-state index in [1.807, 2.05) is 24.3 Å². The van der Waals surface area contributed by atoms with E-state index < -0.39 is 0 Å². The molecule has 4 heteroatoms. The second-order valence-electron chi connectivity index (χ2n) is 7.65. The van der Waals surface area contributed by atoms with Crippen LogP contribution in [0, 0.1) is 17.8 Å². The zero-order valence-electron chi connectivity index (χ0n) is 15.1. The Bertz CT molecular complexity index is 596. The van der Waals surface area contributed by atoms with Gasteiger partial charge in [-0.15, -0.1) is 0 Å². The van der Waals surface area contributed by atoms with Crippen molar-refractivity contribution in [3.63, 3.8) is 0 Å². The van der Waals surface area contributed by atoms with Crippen molar-refractivity contribution in [2.75, 3.05) is 11.9 Å². The summed E-state index contributed by atoms with van der Waals surface area (Å²) in [6.07, 6.45) is 8.92. The highest BCUT2D eigenvalue weighted by molar-refractivity contribution is 5.92. The molecule has 2 aliphatic rings. The van der Waals surface area contributed by atoms with Crippen LogP contribution in [-0.4, -0.2) is 18.5 Å². The number of esters is 1. The average molecular weight is 343 g/mol. The maximum atomic E-state index is 12.0. The summed E-state index contributed by atoms with van der Waals surface area (Å²) in [5, 5.41) is 2.79. The molecule has 136 valence electrons. The van der Waals surface area contributed by atoms with E-state index >= 15 is 0 Å². The van der Waals surface area contributed by atoms with Crippen LogP contribution in [0.15, 0.2) is 24.3 Å². The molecular weight excluding hydrogens is 314 g/mol. The van der Waals surface area contributed by atoms with E-state index in [2.05, 4.69) is 12.2 Å². The van der Waals surface area contributed by atoms with Gasteiger partial charge in [-0.05, 0) is 67.6 Å². The first-order valence-electron chi connectivity index (χ1n) is 9.68. The summed E-state index contributed by atoms with van der Waals surface area (Å²) in [5.74, 6) is 1.50. The summed E-state index contributed by atoms with van der Waals surface area (Å²) in [6.45, 7) is 1.98. The zero-order chi connectivity index (χ0) is 17.6. The number of carbonyl (C=O) groups is 2. The number of rotatable bonds is 8. The zero-order valence-corrected chi connectivity index (χ0v) is 15.1. The van der Waals surface area contributed by atoms with Crippen LogP contribution >= 0.6 is 0 Å². The molecule has 3 atom stereocenters. The molecule has 2 fully saturated rings. The van der Waals surface area contributed by atoms with E-state index in [0.717, 1.165) is 24.4 Å². The SMILES string of the molecule is CCCCc1ccc(NC(=O)COC(=O)C[C@@H]2C[C@H]3CC[C@H]2C3)cc1. The maximum absolute atomic E-state index is 12.0. The number of hydrogen-bond donors (Lipinski definition) is 1. The van der Waals surface area contributed by atoms with Gasteiger partial charge >= 0.3 is 5.97 Å². The van der Waals surface area contributed by atoms with Gasteiger partial charge in [0.15, 0.2) is 6.61 Å². The molecule has 4 nitrogen and oxygen atoms in total. The molecule has 0 saturated heterocycles. The van der Waals surface area contributed by atoms with Gasteiger partial charge in [0.1, 0.15) is 0 Å². The van der Waals surface area contributed by atoms with E-state index in [-0.39, 0.29) is 18.5 Å². The standard InChI is InChI=1S/C21H29NO3/c1-2-3-4-15-6-9-19(10-7-15)22-20(23)14-25-21(24)13-18-12-16-5-8-17(18)11-16/h6-7,9-10,16-18H,2-5,8,11-14H2,1H3,(H,22,23)/t16-,17-,18-/m0/s1. The lowest BCUT2D eigenvalue weighted by Gasteiger charge is -2.20. The predicted molar refractivity (Wildman–Crippen MR) is 98.2 cm³/mol. The Hall–Kier alpha value is -1.84. The van der Waals surface area contributed by atoms with Crippen LogP contribution < -0.4 is 5.32 Å². The highest BCUT2D eigenvalue weighted by Crippen LogP contribution is 2.49. The minimum absolute atomic E-state index is 0.197. The number of hydrogen-bond acceptors (Lipinski definition) is 3. The van der Waals surface area contributed by atoms with Gasteiger partial charge in [-0.3, -0.25) is 9.59 Å². The predicted octanol–water partition coefficient (Wildman–Crippen LogP) is 4.34. The van der Waals surface area contributed by atoms with Crippen LogP contribution in [0.3, 0.4) is 0 Å². The fourth-order valence-corrected chi connectivity index (χ4v) is 4.38. The molecule has 0 unspecified atom stereocenters. The molecule has 0 aliphatic heterocycles. The number of carbonyl (C=O) groups excluding carboxylic acids is 2. The topological polar surface area (TPSA) is 55.4 Å². The van der Waals surface area contributed by atoms with Crippen LogP contribution in [0.4, 0.5) is 5.69 Å². The van der Waals surface area contributed by atoms with Crippen LogP contribution in [0.25, 0.3) is 0 Å². The fourth-order valence-electron chi connectivity index (χ4n) is 4.38. The van der Waals surface area contributed by atoms with Crippen LogP contribution in [0.2, 0.25) is 0 Å². The minimum Gasteiger partial charge on any atom is -0.456 e.